The van der Waals surface area contributed by atoms with E-state index in [2.05, 4.69) is 4.98 Å². The lowest BCUT2D eigenvalue weighted by Crippen LogP contribution is -2.39. The molecular weight excluding hydrogens is 307 g/mol. The van der Waals surface area contributed by atoms with Gasteiger partial charge in [-0.25, -0.2) is 4.39 Å². The summed E-state index contributed by atoms with van der Waals surface area (Å²) in [5.41, 5.74) is 2.23. The summed E-state index contributed by atoms with van der Waals surface area (Å²) in [5.74, 6) is 0.0302. The number of rotatable bonds is 4. The Morgan fingerprint density at radius 3 is 2.67 bits per heavy atom. The molecule has 3 rings (SSSR count). The van der Waals surface area contributed by atoms with Gasteiger partial charge in [0.25, 0.3) is 5.91 Å². The molecule has 1 aliphatic heterocycles. The molecule has 1 saturated heterocycles. The average molecular weight is 328 g/mol. The number of carbonyl (C=O) groups is 1. The van der Waals surface area contributed by atoms with E-state index in [9.17, 15) is 9.18 Å². The molecule has 1 fully saturated rings. The number of piperidine rings is 1. The van der Waals surface area contributed by atoms with Crippen LogP contribution in [0.2, 0.25) is 0 Å². The second-order valence-electron chi connectivity index (χ2n) is 6.26. The summed E-state index contributed by atoms with van der Waals surface area (Å²) in [5, 5.41) is 9.16. The number of pyridine rings is 1. The van der Waals surface area contributed by atoms with E-state index in [0.29, 0.717) is 31.0 Å². The number of halogens is 1. The van der Waals surface area contributed by atoms with Gasteiger partial charge in [0.1, 0.15) is 5.82 Å². The van der Waals surface area contributed by atoms with E-state index >= 15 is 0 Å². The fourth-order valence-corrected chi connectivity index (χ4v) is 3.01. The van der Waals surface area contributed by atoms with Gasteiger partial charge in [0, 0.05) is 38.0 Å². The van der Waals surface area contributed by atoms with E-state index in [1.165, 1.54) is 12.1 Å². The van der Waals surface area contributed by atoms with E-state index in [0.717, 1.165) is 24.1 Å². The highest BCUT2D eigenvalue weighted by atomic mass is 19.1. The molecule has 1 aliphatic rings. The Kier molecular flexibility index (Phi) is 5.20. The fraction of sp³-hybridized carbons (Fsp3) is 0.368. The fourth-order valence-electron chi connectivity index (χ4n) is 3.01. The first-order chi connectivity index (χ1) is 11.7. The minimum Gasteiger partial charge on any atom is -0.396 e. The van der Waals surface area contributed by atoms with Crippen molar-refractivity contribution in [3.05, 3.63) is 65.2 Å². The van der Waals surface area contributed by atoms with Gasteiger partial charge in [-0.15, -0.1) is 0 Å². The van der Waals surface area contributed by atoms with Gasteiger partial charge < -0.3 is 10.0 Å². The van der Waals surface area contributed by atoms with Gasteiger partial charge in [-0.05, 0) is 48.6 Å². The van der Waals surface area contributed by atoms with E-state index in [1.54, 1.807) is 18.3 Å². The molecule has 0 spiro atoms. The van der Waals surface area contributed by atoms with Crippen LogP contribution in [0.15, 0.2) is 42.6 Å². The lowest BCUT2D eigenvalue weighted by atomic mass is 9.97. The minimum absolute atomic E-state index is 0.0174. The van der Waals surface area contributed by atoms with Crippen molar-refractivity contribution in [3.63, 3.8) is 0 Å². The van der Waals surface area contributed by atoms with Crippen LogP contribution in [0.25, 0.3) is 0 Å². The molecule has 24 heavy (non-hydrogen) atoms. The van der Waals surface area contributed by atoms with Crippen LogP contribution in [0.3, 0.4) is 0 Å². The average Bonchev–Trinajstić information content (AvgIpc) is 2.62. The standard InChI is InChI=1S/C19H21FN2O2/c20-17-3-1-2-15(10-17)11-18-5-4-16(12-21-18)19(24)22-8-6-14(13-23)7-9-22/h1-5,10,12,14,23H,6-9,11,13H2. The summed E-state index contributed by atoms with van der Waals surface area (Å²) >= 11 is 0. The normalized spacial score (nSPS) is 15.5. The van der Waals surface area contributed by atoms with Gasteiger partial charge in [-0.2, -0.15) is 0 Å². The second-order valence-corrected chi connectivity index (χ2v) is 6.26. The molecule has 1 aromatic heterocycles. The SMILES string of the molecule is O=C(c1ccc(Cc2cccc(F)c2)nc1)N1CCC(CO)CC1. The number of aromatic nitrogens is 1. The summed E-state index contributed by atoms with van der Waals surface area (Å²) in [6.45, 7) is 1.54. The highest BCUT2D eigenvalue weighted by Gasteiger charge is 2.23. The highest BCUT2D eigenvalue weighted by Crippen LogP contribution is 2.18. The number of carbonyl (C=O) groups excluding carboxylic acids is 1. The van der Waals surface area contributed by atoms with Crippen LogP contribution in [0.4, 0.5) is 4.39 Å². The first-order valence-corrected chi connectivity index (χ1v) is 8.25. The number of hydrogen-bond donors (Lipinski definition) is 1. The Bertz CT molecular complexity index is 695. The van der Waals surface area contributed by atoms with Crippen molar-refractivity contribution in [2.24, 2.45) is 5.92 Å². The first-order valence-electron chi connectivity index (χ1n) is 8.25. The zero-order valence-electron chi connectivity index (χ0n) is 13.5. The molecule has 126 valence electrons. The number of likely N-dealkylation sites (tertiary alicyclic amines) is 1. The third kappa shape index (κ3) is 3.97. The van der Waals surface area contributed by atoms with Crippen molar-refractivity contribution in [2.75, 3.05) is 19.7 Å². The molecule has 1 N–H and O–H groups in total. The summed E-state index contributed by atoms with van der Waals surface area (Å²) < 4.78 is 13.2. The second kappa shape index (κ2) is 7.53. The molecule has 0 aliphatic carbocycles. The monoisotopic (exact) mass is 328 g/mol. The Hall–Kier alpha value is -2.27. The van der Waals surface area contributed by atoms with Crippen LogP contribution in [0.1, 0.15) is 34.5 Å². The molecule has 5 heteroatoms. The largest absolute Gasteiger partial charge is 0.396 e. The van der Waals surface area contributed by atoms with Crippen molar-refractivity contribution in [1.82, 2.24) is 9.88 Å². The highest BCUT2D eigenvalue weighted by molar-refractivity contribution is 5.94. The van der Waals surface area contributed by atoms with Crippen LogP contribution in [-0.4, -0.2) is 40.6 Å². The third-order valence-corrected chi connectivity index (χ3v) is 4.51. The van der Waals surface area contributed by atoms with Crippen LogP contribution in [0.5, 0.6) is 0 Å². The Morgan fingerprint density at radius 1 is 1.25 bits per heavy atom. The summed E-state index contributed by atoms with van der Waals surface area (Å²) in [7, 11) is 0. The zero-order valence-corrected chi connectivity index (χ0v) is 13.5. The van der Waals surface area contributed by atoms with Crippen LogP contribution in [0, 0.1) is 11.7 Å². The third-order valence-electron chi connectivity index (χ3n) is 4.51. The smallest absolute Gasteiger partial charge is 0.255 e. The van der Waals surface area contributed by atoms with Gasteiger partial charge >= 0.3 is 0 Å². The number of aliphatic hydroxyl groups excluding tert-OH is 1. The van der Waals surface area contributed by atoms with Crippen molar-refractivity contribution in [2.45, 2.75) is 19.3 Å². The summed E-state index contributed by atoms with van der Waals surface area (Å²) in [4.78, 5) is 18.6. The molecule has 4 nitrogen and oxygen atoms in total. The van der Waals surface area contributed by atoms with Crippen LogP contribution < -0.4 is 0 Å². The minimum atomic E-state index is -0.259. The van der Waals surface area contributed by atoms with Crippen molar-refractivity contribution < 1.29 is 14.3 Å². The van der Waals surface area contributed by atoms with E-state index < -0.39 is 0 Å². The maximum atomic E-state index is 13.2. The van der Waals surface area contributed by atoms with Gasteiger partial charge in [-0.3, -0.25) is 9.78 Å². The van der Waals surface area contributed by atoms with Gasteiger partial charge in [0.2, 0.25) is 0 Å². The molecule has 0 atom stereocenters. The van der Waals surface area contributed by atoms with E-state index in [1.807, 2.05) is 17.0 Å². The molecule has 1 amide bonds. The Labute approximate surface area is 141 Å². The molecule has 0 radical (unpaired) electrons. The van der Waals surface area contributed by atoms with E-state index in [-0.39, 0.29) is 18.3 Å². The van der Waals surface area contributed by atoms with Crippen molar-refractivity contribution in [3.8, 4) is 0 Å². The number of benzene rings is 1. The van der Waals surface area contributed by atoms with Crippen molar-refractivity contribution in [1.29, 1.82) is 0 Å². The predicted molar refractivity (Wildman–Crippen MR) is 89.2 cm³/mol. The lowest BCUT2D eigenvalue weighted by molar-refractivity contribution is 0.0650. The Morgan fingerprint density at radius 2 is 2.04 bits per heavy atom. The predicted octanol–water partition coefficient (Wildman–Crippen LogP) is 2.66. The first kappa shape index (κ1) is 16.6. The van der Waals surface area contributed by atoms with Crippen LogP contribution >= 0.6 is 0 Å². The molecule has 2 heterocycles. The number of aliphatic hydroxyl groups is 1. The quantitative estimate of drug-likeness (QED) is 0.939. The van der Waals surface area contributed by atoms with Gasteiger partial charge in [0.05, 0.1) is 5.56 Å². The molecule has 1 aromatic carbocycles. The van der Waals surface area contributed by atoms with Crippen LogP contribution in [-0.2, 0) is 6.42 Å². The molecule has 0 unspecified atom stereocenters. The van der Waals surface area contributed by atoms with Crippen molar-refractivity contribution >= 4 is 5.91 Å². The summed E-state index contributed by atoms with van der Waals surface area (Å²) in [6.07, 6.45) is 3.81. The lowest BCUT2D eigenvalue weighted by Gasteiger charge is -2.31. The number of amides is 1. The summed E-state index contributed by atoms with van der Waals surface area (Å²) in [6, 6.07) is 10.0. The Balaban J connectivity index is 1.63. The maximum absolute atomic E-state index is 13.2. The van der Waals surface area contributed by atoms with Gasteiger partial charge in [0.15, 0.2) is 0 Å². The maximum Gasteiger partial charge on any atom is 0.255 e. The molecule has 2 aromatic rings. The molecule has 0 saturated carbocycles. The van der Waals surface area contributed by atoms with Gasteiger partial charge in [-0.1, -0.05) is 12.1 Å². The topological polar surface area (TPSA) is 53.4 Å². The zero-order chi connectivity index (χ0) is 16.9. The number of hydrogen-bond acceptors (Lipinski definition) is 3. The number of nitrogens with zero attached hydrogens (tertiary/aromatic N) is 2. The molecular formula is C19H21FN2O2. The molecule has 0 bridgehead atoms. The van der Waals surface area contributed by atoms with E-state index in [4.69, 9.17) is 5.11 Å².